The van der Waals surface area contributed by atoms with Crippen LogP contribution in [0.4, 0.5) is 0 Å². The second-order valence-electron chi connectivity index (χ2n) is 4.69. The maximum Gasteiger partial charge on any atom is 0.242 e. The van der Waals surface area contributed by atoms with Crippen LogP contribution in [-0.2, 0) is 23.6 Å². The number of nitrogens with one attached hydrogen (secondary N) is 1. The number of aromatic nitrogens is 1. The van der Waals surface area contributed by atoms with E-state index in [1.165, 1.54) is 0 Å². The lowest BCUT2D eigenvalue weighted by Gasteiger charge is -2.12. The maximum absolute atomic E-state index is 12.1. The van der Waals surface area contributed by atoms with Gasteiger partial charge >= 0.3 is 0 Å². The molecule has 1 aromatic rings. The summed E-state index contributed by atoms with van der Waals surface area (Å²) < 4.78 is 28.8. The molecule has 0 unspecified atom stereocenters. The standard InChI is InChI=1S/C11H19N3O2S2/c1-14-7-10(5-9(14)6-12)18(15,16)13-8-11(17-2)3-4-11/h5,7,13H,3-4,6,8,12H2,1-2H3. The number of rotatable bonds is 6. The van der Waals surface area contributed by atoms with Gasteiger partial charge in [0.2, 0.25) is 10.0 Å². The minimum atomic E-state index is -3.42. The van der Waals surface area contributed by atoms with Crippen molar-refractivity contribution in [3.05, 3.63) is 18.0 Å². The van der Waals surface area contributed by atoms with Crippen LogP contribution in [0, 0.1) is 0 Å². The highest BCUT2D eigenvalue weighted by molar-refractivity contribution is 8.00. The van der Waals surface area contributed by atoms with Crippen LogP contribution in [0.15, 0.2) is 17.2 Å². The van der Waals surface area contributed by atoms with Crippen LogP contribution in [0.2, 0.25) is 0 Å². The zero-order valence-electron chi connectivity index (χ0n) is 10.6. The third kappa shape index (κ3) is 2.74. The maximum atomic E-state index is 12.1. The van der Waals surface area contributed by atoms with Gasteiger partial charge in [0.05, 0.1) is 4.90 Å². The number of sulfonamides is 1. The Kier molecular flexibility index (Phi) is 3.77. The molecule has 1 aliphatic rings. The zero-order valence-corrected chi connectivity index (χ0v) is 12.3. The number of thioether (sulfide) groups is 1. The topological polar surface area (TPSA) is 77.1 Å². The molecule has 0 aromatic carbocycles. The fourth-order valence-corrected chi connectivity index (χ4v) is 3.87. The van der Waals surface area contributed by atoms with Crippen molar-refractivity contribution in [3.8, 4) is 0 Å². The van der Waals surface area contributed by atoms with E-state index in [4.69, 9.17) is 5.73 Å². The van der Waals surface area contributed by atoms with Crippen molar-refractivity contribution < 1.29 is 8.42 Å². The van der Waals surface area contributed by atoms with Crippen LogP contribution in [0.1, 0.15) is 18.5 Å². The summed E-state index contributed by atoms with van der Waals surface area (Å²) in [5.41, 5.74) is 6.35. The number of nitrogens with zero attached hydrogens (tertiary/aromatic N) is 1. The second kappa shape index (κ2) is 4.88. The fourth-order valence-electron chi connectivity index (χ4n) is 1.83. The molecule has 0 amide bonds. The van der Waals surface area contributed by atoms with Crippen molar-refractivity contribution in [3.63, 3.8) is 0 Å². The molecule has 3 N–H and O–H groups in total. The molecule has 1 aromatic heterocycles. The van der Waals surface area contributed by atoms with E-state index in [9.17, 15) is 8.42 Å². The van der Waals surface area contributed by atoms with Gasteiger partial charge in [-0.05, 0) is 25.2 Å². The molecule has 0 saturated heterocycles. The summed E-state index contributed by atoms with van der Waals surface area (Å²) in [5.74, 6) is 0. The molecule has 5 nitrogen and oxygen atoms in total. The first-order chi connectivity index (χ1) is 8.42. The van der Waals surface area contributed by atoms with Crippen LogP contribution < -0.4 is 10.5 Å². The molecule has 1 aliphatic carbocycles. The van der Waals surface area contributed by atoms with Crippen molar-refractivity contribution in [2.24, 2.45) is 12.8 Å². The van der Waals surface area contributed by atoms with Crippen molar-refractivity contribution in [2.75, 3.05) is 12.8 Å². The third-order valence-corrected chi connectivity index (χ3v) is 6.21. The van der Waals surface area contributed by atoms with Crippen LogP contribution in [0.5, 0.6) is 0 Å². The van der Waals surface area contributed by atoms with Gasteiger partial charge < -0.3 is 10.3 Å². The lowest BCUT2D eigenvalue weighted by atomic mass is 10.4. The van der Waals surface area contributed by atoms with E-state index in [1.54, 1.807) is 35.6 Å². The molecule has 2 rings (SSSR count). The quantitative estimate of drug-likeness (QED) is 0.806. The molecule has 1 saturated carbocycles. The molecule has 0 spiro atoms. The monoisotopic (exact) mass is 289 g/mol. The van der Waals surface area contributed by atoms with E-state index in [2.05, 4.69) is 4.72 Å². The van der Waals surface area contributed by atoms with Gasteiger partial charge in [-0.3, -0.25) is 0 Å². The third-order valence-electron chi connectivity index (χ3n) is 3.43. The van der Waals surface area contributed by atoms with Crippen LogP contribution >= 0.6 is 11.8 Å². The lowest BCUT2D eigenvalue weighted by molar-refractivity contribution is 0.579. The first kappa shape index (κ1) is 13.9. The van der Waals surface area contributed by atoms with Gasteiger partial charge in [-0.1, -0.05) is 0 Å². The Bertz CT molecular complexity index is 532. The zero-order chi connectivity index (χ0) is 13.4. The van der Waals surface area contributed by atoms with Gasteiger partial charge in [-0.15, -0.1) is 0 Å². The second-order valence-corrected chi connectivity index (χ2v) is 7.74. The van der Waals surface area contributed by atoms with Crippen molar-refractivity contribution in [1.82, 2.24) is 9.29 Å². The van der Waals surface area contributed by atoms with Gasteiger partial charge in [0.25, 0.3) is 0 Å². The predicted octanol–water partition coefficient (Wildman–Crippen LogP) is 0.658. The smallest absolute Gasteiger partial charge is 0.242 e. The molecule has 0 atom stereocenters. The highest BCUT2D eigenvalue weighted by Crippen LogP contribution is 2.46. The first-order valence-corrected chi connectivity index (χ1v) is 8.53. The Hall–Kier alpha value is -0.500. The molecule has 7 heteroatoms. The van der Waals surface area contributed by atoms with E-state index in [0.29, 0.717) is 18.0 Å². The number of hydrogen-bond acceptors (Lipinski definition) is 4. The van der Waals surface area contributed by atoms with Crippen LogP contribution in [0.25, 0.3) is 0 Å². The molecule has 18 heavy (non-hydrogen) atoms. The van der Waals surface area contributed by atoms with Gasteiger partial charge in [-0.2, -0.15) is 11.8 Å². The molecular formula is C11H19N3O2S2. The van der Waals surface area contributed by atoms with Gasteiger partial charge in [-0.25, -0.2) is 13.1 Å². The molecule has 0 bridgehead atoms. The van der Waals surface area contributed by atoms with Crippen LogP contribution in [0.3, 0.4) is 0 Å². The van der Waals surface area contributed by atoms with Crippen molar-refractivity contribution in [1.29, 1.82) is 0 Å². The SMILES string of the molecule is CSC1(CNS(=O)(=O)c2cc(CN)n(C)c2)CC1. The summed E-state index contributed by atoms with van der Waals surface area (Å²) in [7, 11) is -1.62. The Morgan fingerprint density at radius 1 is 1.56 bits per heavy atom. The summed E-state index contributed by atoms with van der Waals surface area (Å²) in [6.45, 7) is 0.837. The van der Waals surface area contributed by atoms with Gasteiger partial charge in [0, 0.05) is 36.8 Å². The van der Waals surface area contributed by atoms with Crippen LogP contribution in [-0.4, -0.2) is 30.5 Å². The predicted molar refractivity (Wildman–Crippen MR) is 74.0 cm³/mol. The van der Waals surface area contributed by atoms with Crippen molar-refractivity contribution >= 4 is 21.8 Å². The summed E-state index contributed by atoms with van der Waals surface area (Å²) in [6, 6.07) is 1.63. The minimum Gasteiger partial charge on any atom is -0.352 e. The van der Waals surface area contributed by atoms with E-state index in [1.807, 2.05) is 6.26 Å². The summed E-state index contributed by atoms with van der Waals surface area (Å²) in [4.78, 5) is 0.294. The van der Waals surface area contributed by atoms with Gasteiger partial charge in [0.1, 0.15) is 0 Å². The number of nitrogens with two attached hydrogens (primary N) is 1. The van der Waals surface area contributed by atoms with E-state index in [-0.39, 0.29) is 4.75 Å². The van der Waals surface area contributed by atoms with E-state index in [0.717, 1.165) is 18.5 Å². The fraction of sp³-hybridized carbons (Fsp3) is 0.636. The molecule has 0 radical (unpaired) electrons. The normalized spacial score (nSPS) is 17.9. The average molecular weight is 289 g/mol. The lowest BCUT2D eigenvalue weighted by Crippen LogP contribution is -2.31. The first-order valence-electron chi connectivity index (χ1n) is 5.83. The van der Waals surface area contributed by atoms with Crippen molar-refractivity contribution in [2.45, 2.75) is 29.0 Å². The van der Waals surface area contributed by atoms with E-state index < -0.39 is 10.0 Å². The molecule has 102 valence electrons. The Morgan fingerprint density at radius 3 is 2.67 bits per heavy atom. The van der Waals surface area contributed by atoms with E-state index >= 15 is 0 Å². The Morgan fingerprint density at radius 2 is 2.22 bits per heavy atom. The summed E-state index contributed by atoms with van der Waals surface area (Å²) >= 11 is 1.73. The largest absolute Gasteiger partial charge is 0.352 e. The minimum absolute atomic E-state index is 0.124. The number of hydrogen-bond donors (Lipinski definition) is 2. The molecule has 1 fully saturated rings. The highest BCUT2D eigenvalue weighted by atomic mass is 32.2. The molecular weight excluding hydrogens is 270 g/mol. The highest BCUT2D eigenvalue weighted by Gasteiger charge is 2.42. The molecule has 0 aliphatic heterocycles. The summed E-state index contributed by atoms with van der Waals surface area (Å²) in [5, 5.41) is 0. The average Bonchev–Trinajstić information content (AvgIpc) is 3.03. The number of aryl methyl sites for hydroxylation is 1. The Labute approximate surface area is 112 Å². The van der Waals surface area contributed by atoms with Gasteiger partial charge in [0.15, 0.2) is 0 Å². The Balaban J connectivity index is 2.10. The molecule has 1 heterocycles. The summed E-state index contributed by atoms with van der Waals surface area (Å²) in [6.07, 6.45) is 5.79.